The van der Waals surface area contributed by atoms with Crippen molar-refractivity contribution in [3.8, 4) is 0 Å². The average Bonchev–Trinajstić information content (AvgIpc) is 2.74. The van der Waals surface area contributed by atoms with Gasteiger partial charge in [0.05, 0.1) is 7.11 Å². The molecule has 0 bridgehead atoms. The Morgan fingerprint density at radius 3 is 2.88 bits per heavy atom. The van der Waals surface area contributed by atoms with E-state index < -0.39 is 6.09 Å². The Labute approximate surface area is 96.1 Å². The van der Waals surface area contributed by atoms with Gasteiger partial charge in [-0.15, -0.1) is 0 Å². The Hall–Kier alpha value is -1.26. The SMILES string of the molecule is CCCC1CCCN1C(=O)CNC(=O)OC. The van der Waals surface area contributed by atoms with Crippen molar-refractivity contribution in [2.45, 2.75) is 38.6 Å². The topological polar surface area (TPSA) is 58.6 Å². The predicted octanol–water partition coefficient (Wildman–Crippen LogP) is 1.13. The molecule has 1 rings (SSSR count). The molecular weight excluding hydrogens is 208 g/mol. The van der Waals surface area contributed by atoms with E-state index in [1.807, 2.05) is 4.90 Å². The maximum atomic E-state index is 11.8. The van der Waals surface area contributed by atoms with Gasteiger partial charge in [-0.2, -0.15) is 0 Å². The summed E-state index contributed by atoms with van der Waals surface area (Å²) in [5.41, 5.74) is 0. The maximum absolute atomic E-state index is 11.8. The molecule has 2 amide bonds. The molecule has 5 heteroatoms. The second kappa shape index (κ2) is 6.35. The van der Waals surface area contributed by atoms with Gasteiger partial charge >= 0.3 is 6.09 Å². The fraction of sp³-hybridized carbons (Fsp3) is 0.818. The van der Waals surface area contributed by atoms with Gasteiger partial charge in [-0.25, -0.2) is 4.79 Å². The van der Waals surface area contributed by atoms with E-state index in [1.165, 1.54) is 7.11 Å². The summed E-state index contributed by atoms with van der Waals surface area (Å²) in [7, 11) is 1.29. The zero-order valence-electron chi connectivity index (χ0n) is 9.99. The van der Waals surface area contributed by atoms with E-state index in [4.69, 9.17) is 0 Å². The minimum atomic E-state index is -0.556. The van der Waals surface area contributed by atoms with E-state index in [9.17, 15) is 9.59 Å². The first-order chi connectivity index (χ1) is 7.69. The van der Waals surface area contributed by atoms with Crippen LogP contribution in [0.1, 0.15) is 32.6 Å². The summed E-state index contributed by atoms with van der Waals surface area (Å²) < 4.78 is 4.42. The van der Waals surface area contributed by atoms with Gasteiger partial charge in [-0.05, 0) is 19.3 Å². The highest BCUT2D eigenvalue weighted by atomic mass is 16.5. The number of ether oxygens (including phenoxy) is 1. The highest BCUT2D eigenvalue weighted by Crippen LogP contribution is 2.20. The van der Waals surface area contributed by atoms with Gasteiger partial charge in [-0.1, -0.05) is 13.3 Å². The van der Waals surface area contributed by atoms with Crippen LogP contribution in [0, 0.1) is 0 Å². The summed E-state index contributed by atoms with van der Waals surface area (Å²) in [5.74, 6) is -0.0126. The Kier molecular flexibility index (Phi) is 5.08. The Morgan fingerprint density at radius 2 is 2.25 bits per heavy atom. The molecule has 0 aromatic rings. The molecule has 5 nitrogen and oxygen atoms in total. The van der Waals surface area contributed by atoms with Crippen LogP contribution in [0.5, 0.6) is 0 Å². The van der Waals surface area contributed by atoms with Gasteiger partial charge in [0.25, 0.3) is 0 Å². The number of nitrogens with one attached hydrogen (secondary N) is 1. The van der Waals surface area contributed by atoms with Crippen LogP contribution in [0.25, 0.3) is 0 Å². The summed E-state index contributed by atoms with van der Waals surface area (Å²) in [6, 6.07) is 0.358. The molecule has 1 heterocycles. The van der Waals surface area contributed by atoms with Crippen molar-refractivity contribution in [2.75, 3.05) is 20.2 Å². The van der Waals surface area contributed by atoms with Crippen LogP contribution < -0.4 is 5.32 Å². The standard InChI is InChI=1S/C11H20N2O3/c1-3-5-9-6-4-7-13(9)10(14)8-12-11(15)16-2/h9H,3-8H2,1-2H3,(H,12,15). The molecule has 1 aliphatic heterocycles. The third kappa shape index (κ3) is 3.40. The zero-order valence-corrected chi connectivity index (χ0v) is 9.99. The zero-order chi connectivity index (χ0) is 12.0. The van der Waals surface area contributed by atoms with E-state index in [1.54, 1.807) is 0 Å². The number of rotatable bonds is 4. The summed E-state index contributed by atoms with van der Waals surface area (Å²) >= 11 is 0. The molecule has 0 saturated carbocycles. The molecule has 92 valence electrons. The third-order valence-corrected chi connectivity index (χ3v) is 2.89. The first kappa shape index (κ1) is 12.8. The van der Waals surface area contributed by atoms with E-state index >= 15 is 0 Å². The van der Waals surface area contributed by atoms with E-state index in [0.29, 0.717) is 6.04 Å². The van der Waals surface area contributed by atoms with E-state index in [2.05, 4.69) is 17.0 Å². The summed E-state index contributed by atoms with van der Waals surface area (Å²) in [4.78, 5) is 24.5. The van der Waals surface area contributed by atoms with E-state index in [-0.39, 0.29) is 12.5 Å². The number of amides is 2. The quantitative estimate of drug-likeness (QED) is 0.784. The molecule has 0 radical (unpaired) electrons. The molecule has 0 aromatic heterocycles. The van der Waals surface area contributed by atoms with Crippen LogP contribution in [0.4, 0.5) is 4.79 Å². The minimum Gasteiger partial charge on any atom is -0.453 e. The summed E-state index contributed by atoms with van der Waals surface area (Å²) in [6.45, 7) is 2.97. The monoisotopic (exact) mass is 228 g/mol. The van der Waals surface area contributed by atoms with Gasteiger partial charge < -0.3 is 15.0 Å². The number of carbonyl (C=O) groups is 2. The number of likely N-dealkylation sites (tertiary alicyclic amines) is 1. The van der Waals surface area contributed by atoms with Crippen LogP contribution in [0.3, 0.4) is 0 Å². The largest absolute Gasteiger partial charge is 0.453 e. The summed E-state index contributed by atoms with van der Waals surface area (Å²) in [6.07, 6.45) is 3.72. The summed E-state index contributed by atoms with van der Waals surface area (Å²) in [5, 5.41) is 2.42. The Bertz CT molecular complexity index is 256. The van der Waals surface area contributed by atoms with Crippen molar-refractivity contribution in [3.05, 3.63) is 0 Å². The maximum Gasteiger partial charge on any atom is 0.407 e. The number of methoxy groups -OCH3 is 1. The van der Waals surface area contributed by atoms with E-state index in [0.717, 1.165) is 32.2 Å². The number of alkyl carbamates (subject to hydrolysis) is 1. The van der Waals surface area contributed by atoms with Crippen LogP contribution >= 0.6 is 0 Å². The Balaban J connectivity index is 2.37. The number of hydrogen-bond donors (Lipinski definition) is 1. The smallest absolute Gasteiger partial charge is 0.407 e. The number of hydrogen-bond acceptors (Lipinski definition) is 3. The van der Waals surface area contributed by atoms with Crippen molar-refractivity contribution in [1.82, 2.24) is 10.2 Å². The lowest BCUT2D eigenvalue weighted by Gasteiger charge is -2.24. The average molecular weight is 228 g/mol. The molecule has 1 saturated heterocycles. The lowest BCUT2D eigenvalue weighted by atomic mass is 10.1. The molecule has 1 unspecified atom stereocenters. The van der Waals surface area contributed by atoms with Gasteiger partial charge in [-0.3, -0.25) is 4.79 Å². The van der Waals surface area contributed by atoms with Gasteiger partial charge in [0, 0.05) is 12.6 Å². The van der Waals surface area contributed by atoms with Crippen molar-refractivity contribution in [2.24, 2.45) is 0 Å². The lowest BCUT2D eigenvalue weighted by molar-refractivity contribution is -0.131. The third-order valence-electron chi connectivity index (χ3n) is 2.89. The Morgan fingerprint density at radius 1 is 1.50 bits per heavy atom. The molecular formula is C11H20N2O3. The minimum absolute atomic E-state index is 0.0126. The lowest BCUT2D eigenvalue weighted by Crippen LogP contribution is -2.42. The van der Waals surface area contributed by atoms with Crippen LogP contribution in [0.2, 0.25) is 0 Å². The highest BCUT2D eigenvalue weighted by molar-refractivity contribution is 5.82. The molecule has 1 aliphatic rings. The molecule has 1 N–H and O–H groups in total. The van der Waals surface area contributed by atoms with Gasteiger partial charge in [0.1, 0.15) is 6.54 Å². The van der Waals surface area contributed by atoms with Crippen LogP contribution in [-0.2, 0) is 9.53 Å². The van der Waals surface area contributed by atoms with Gasteiger partial charge in [0.2, 0.25) is 5.91 Å². The van der Waals surface area contributed by atoms with Gasteiger partial charge in [0.15, 0.2) is 0 Å². The van der Waals surface area contributed by atoms with Crippen molar-refractivity contribution in [1.29, 1.82) is 0 Å². The molecule has 1 fully saturated rings. The number of carbonyl (C=O) groups excluding carboxylic acids is 2. The number of nitrogens with zero attached hydrogens (tertiary/aromatic N) is 1. The fourth-order valence-corrected chi connectivity index (χ4v) is 2.12. The second-order valence-electron chi connectivity index (χ2n) is 4.02. The normalized spacial score (nSPS) is 19.6. The molecule has 1 atom stereocenters. The molecule has 0 aliphatic carbocycles. The molecule has 0 aromatic carbocycles. The van der Waals surface area contributed by atoms with Crippen molar-refractivity contribution >= 4 is 12.0 Å². The molecule has 0 spiro atoms. The van der Waals surface area contributed by atoms with Crippen molar-refractivity contribution in [3.63, 3.8) is 0 Å². The predicted molar refractivity (Wildman–Crippen MR) is 60.1 cm³/mol. The first-order valence-electron chi connectivity index (χ1n) is 5.80. The second-order valence-corrected chi connectivity index (χ2v) is 4.02. The first-order valence-corrected chi connectivity index (χ1v) is 5.80. The highest BCUT2D eigenvalue weighted by Gasteiger charge is 2.27. The van der Waals surface area contributed by atoms with Crippen molar-refractivity contribution < 1.29 is 14.3 Å². The molecule has 16 heavy (non-hydrogen) atoms. The van der Waals surface area contributed by atoms with Crippen LogP contribution in [-0.4, -0.2) is 43.1 Å². The van der Waals surface area contributed by atoms with Crippen LogP contribution in [0.15, 0.2) is 0 Å². The fourth-order valence-electron chi connectivity index (χ4n) is 2.12.